The van der Waals surface area contributed by atoms with Gasteiger partial charge < -0.3 is 29.5 Å². The van der Waals surface area contributed by atoms with Crippen molar-refractivity contribution in [1.29, 1.82) is 0 Å². The van der Waals surface area contributed by atoms with Gasteiger partial charge in [-0.2, -0.15) is 10.1 Å². The van der Waals surface area contributed by atoms with Gasteiger partial charge in [0.25, 0.3) is 5.82 Å². The number of nitrogens with zero attached hydrogens (tertiary/aromatic N) is 3. The summed E-state index contributed by atoms with van der Waals surface area (Å²) in [4.78, 5) is 68.9. The first-order chi connectivity index (χ1) is 22.3. The number of H-pyrrole nitrogens is 2. The number of esters is 3. The second-order valence-electron chi connectivity index (χ2n) is 10.1. The van der Waals surface area contributed by atoms with Crippen LogP contribution >= 0.6 is 0 Å². The Bertz CT molecular complexity index is 1270. The third-order valence-corrected chi connectivity index (χ3v) is 7.39. The molecule has 47 heavy (non-hydrogen) atoms. The van der Waals surface area contributed by atoms with Crippen LogP contribution in [0.25, 0.3) is 0 Å². The Labute approximate surface area is 272 Å². The Hall–Kier alpha value is -4.83. The van der Waals surface area contributed by atoms with Crippen molar-refractivity contribution in [1.82, 2.24) is 25.4 Å². The van der Waals surface area contributed by atoms with Crippen molar-refractivity contribution in [3.8, 4) is 0 Å². The zero-order valence-corrected chi connectivity index (χ0v) is 28.3. The number of aromatic nitrogens is 5. The van der Waals surface area contributed by atoms with Gasteiger partial charge in [0.15, 0.2) is 5.69 Å². The molecule has 17 heteroatoms. The molecule has 17 nitrogen and oxygen atoms in total. The lowest BCUT2D eigenvalue weighted by Gasteiger charge is -2.58. The minimum atomic E-state index is -1.30. The lowest BCUT2D eigenvalue weighted by atomic mass is 9.44. The van der Waals surface area contributed by atoms with E-state index in [2.05, 4.69) is 34.9 Å². The summed E-state index contributed by atoms with van der Waals surface area (Å²) >= 11 is 0. The summed E-state index contributed by atoms with van der Waals surface area (Å²) in [5.74, 6) is -4.66. The maximum Gasteiger partial charge on any atom is 0.375 e. The van der Waals surface area contributed by atoms with E-state index in [1.54, 1.807) is 0 Å². The summed E-state index contributed by atoms with van der Waals surface area (Å²) in [6.07, 6.45) is 4.80. The molecule has 4 aliphatic rings. The molecule has 4 saturated carbocycles. The van der Waals surface area contributed by atoms with Crippen molar-refractivity contribution in [2.45, 2.75) is 80.1 Å². The topological polar surface area (TPSA) is 261 Å². The molecule has 2 aromatic rings. The summed E-state index contributed by atoms with van der Waals surface area (Å²) in [6.45, 7) is 12.0. The van der Waals surface area contributed by atoms with Crippen LogP contribution in [-0.2, 0) is 23.8 Å². The molecule has 4 fully saturated rings. The lowest BCUT2D eigenvalue weighted by molar-refractivity contribution is -0.189. The summed E-state index contributed by atoms with van der Waals surface area (Å²) in [5, 5.41) is 37.2. The number of aromatic amines is 2. The van der Waals surface area contributed by atoms with Gasteiger partial charge in [0.2, 0.25) is 5.82 Å². The van der Waals surface area contributed by atoms with Crippen LogP contribution in [-0.4, -0.2) is 97.8 Å². The maximum absolute atomic E-state index is 12.0. The molecule has 0 aromatic carbocycles. The van der Waals surface area contributed by atoms with E-state index >= 15 is 0 Å². The van der Waals surface area contributed by atoms with E-state index in [4.69, 9.17) is 14.9 Å². The van der Waals surface area contributed by atoms with Crippen molar-refractivity contribution in [2.24, 2.45) is 22.7 Å². The van der Waals surface area contributed by atoms with E-state index in [0.717, 1.165) is 45.3 Å². The number of rotatable bonds is 6. The first-order valence-electron chi connectivity index (χ1n) is 15.2. The van der Waals surface area contributed by atoms with Crippen LogP contribution in [0.4, 0.5) is 0 Å². The molecule has 4 aliphatic carbocycles. The number of hydrogen-bond acceptors (Lipinski definition) is 12. The number of ether oxygens (including phenoxy) is 3. The number of methoxy groups -OCH3 is 3. The van der Waals surface area contributed by atoms with Crippen molar-refractivity contribution < 1.29 is 58.3 Å². The molecule has 0 saturated heterocycles. The third kappa shape index (κ3) is 10.6. The molecule has 2 atom stereocenters. The highest BCUT2D eigenvalue weighted by Crippen LogP contribution is 2.65. The highest BCUT2D eigenvalue weighted by molar-refractivity contribution is 5.92. The number of aliphatic carboxylic acids is 1. The van der Waals surface area contributed by atoms with Crippen LogP contribution in [0.3, 0.4) is 0 Å². The van der Waals surface area contributed by atoms with Crippen molar-refractivity contribution in [3.05, 3.63) is 29.1 Å². The fraction of sp³-hybridized carbons (Fsp3) is 0.633. The lowest BCUT2D eigenvalue weighted by Crippen LogP contribution is -2.57. The minimum Gasteiger partial charge on any atom is -0.481 e. The van der Waals surface area contributed by atoms with Gasteiger partial charge in [-0.15, -0.1) is 5.10 Å². The molecule has 2 aromatic heterocycles. The van der Waals surface area contributed by atoms with Crippen LogP contribution in [0, 0.1) is 22.7 Å². The molecule has 0 amide bonds. The first-order valence-corrected chi connectivity index (χ1v) is 15.2. The van der Waals surface area contributed by atoms with E-state index < -0.39 is 46.5 Å². The molecule has 2 unspecified atom stereocenters. The van der Waals surface area contributed by atoms with E-state index in [1.165, 1.54) is 14.2 Å². The average Bonchev–Trinajstić information content (AvgIpc) is 3.78. The van der Waals surface area contributed by atoms with Crippen LogP contribution in [0.15, 0.2) is 6.07 Å². The predicted molar refractivity (Wildman–Crippen MR) is 165 cm³/mol. The molecule has 0 radical (unpaired) electrons. The number of nitrogens with one attached hydrogen (secondary N) is 2. The van der Waals surface area contributed by atoms with Crippen molar-refractivity contribution in [2.75, 3.05) is 21.3 Å². The smallest absolute Gasteiger partial charge is 0.375 e. The molecular formula is C30H47N5O12. The van der Waals surface area contributed by atoms with Crippen LogP contribution in [0.1, 0.15) is 122 Å². The highest BCUT2D eigenvalue weighted by Gasteiger charge is 2.63. The summed E-state index contributed by atoms with van der Waals surface area (Å²) in [6, 6.07) is 1.11. The third-order valence-electron chi connectivity index (χ3n) is 7.39. The van der Waals surface area contributed by atoms with Gasteiger partial charge in [-0.1, -0.05) is 41.5 Å². The first kappa shape index (κ1) is 42.2. The normalized spacial score (nSPS) is 22.1. The van der Waals surface area contributed by atoms with Crippen molar-refractivity contribution >= 4 is 35.8 Å². The number of hydrogen-bond donors (Lipinski definition) is 5. The number of carboxylic acids is 3. The van der Waals surface area contributed by atoms with Gasteiger partial charge in [0.05, 0.1) is 32.2 Å². The fourth-order valence-electron chi connectivity index (χ4n) is 6.16. The molecule has 0 spiro atoms. The van der Waals surface area contributed by atoms with Gasteiger partial charge in [-0.3, -0.25) is 19.8 Å². The minimum absolute atomic E-state index is 0.0231. The van der Waals surface area contributed by atoms with E-state index in [9.17, 15) is 33.9 Å². The molecule has 6 rings (SSSR count). The Morgan fingerprint density at radius 1 is 0.723 bits per heavy atom. The maximum atomic E-state index is 12.0. The van der Waals surface area contributed by atoms with Crippen LogP contribution in [0.2, 0.25) is 0 Å². The average molecular weight is 670 g/mol. The largest absolute Gasteiger partial charge is 0.481 e. The Balaban J connectivity index is 0.000000637. The highest BCUT2D eigenvalue weighted by atomic mass is 16.5. The van der Waals surface area contributed by atoms with Crippen LogP contribution < -0.4 is 0 Å². The quantitative estimate of drug-likeness (QED) is 0.214. The zero-order valence-electron chi connectivity index (χ0n) is 28.3. The van der Waals surface area contributed by atoms with Gasteiger partial charge in [0, 0.05) is 6.07 Å². The van der Waals surface area contributed by atoms with Crippen LogP contribution in [0.5, 0.6) is 0 Å². The molecule has 2 heterocycles. The molecule has 264 valence electrons. The SMILES string of the molecule is CC.CC.CC.COC(=O)C12CC3CC(CC(C(=O)O)(C3)C1)C2.COC(=O)c1cc(C(=O)O)n[nH]1.COC(=O)c1nc(C(=O)O)n[nH]1. The number of carboxylic acid groups (broad SMARTS) is 3. The second kappa shape index (κ2) is 19.6. The van der Waals surface area contributed by atoms with Gasteiger partial charge >= 0.3 is 35.8 Å². The molecular weight excluding hydrogens is 622 g/mol. The van der Waals surface area contributed by atoms with E-state index in [-0.39, 0.29) is 23.2 Å². The summed E-state index contributed by atoms with van der Waals surface area (Å²) in [5.41, 5.74) is -1.32. The number of carbonyl (C=O) groups excluding carboxylic acids is 3. The predicted octanol–water partition coefficient (Wildman–Crippen LogP) is 4.09. The second-order valence-corrected chi connectivity index (χ2v) is 10.1. The molecule has 0 aliphatic heterocycles. The number of aromatic carboxylic acids is 2. The molecule has 5 N–H and O–H groups in total. The standard InChI is InChI=1S/C13H18O4.C6H6N2O4.C5H5N3O4.3C2H6/c1-17-11(16)13-5-8-2-9(6-13)4-12(3-8,7-13)10(14)15;1-12-6(11)4-2-3(5(9)10)7-8-4;1-12-5(11)3-6-2(4(9)10)7-8-3;3*1-2/h8-9H,2-7H2,1H3,(H,14,15);2H,1H3,(H,7,8)(H,9,10);1H3,(H,9,10)(H,6,7,8);3*1-2H3. The fourth-order valence-corrected chi connectivity index (χ4v) is 6.16. The monoisotopic (exact) mass is 669 g/mol. The van der Waals surface area contributed by atoms with Gasteiger partial charge in [-0.05, 0) is 50.4 Å². The zero-order chi connectivity index (χ0) is 36.5. The Kier molecular flexibility index (Phi) is 17.6. The summed E-state index contributed by atoms with van der Waals surface area (Å²) in [7, 11) is 3.77. The van der Waals surface area contributed by atoms with E-state index in [1.807, 2.05) is 41.5 Å². The number of carbonyl (C=O) groups is 6. The summed E-state index contributed by atoms with van der Waals surface area (Å²) < 4.78 is 13.5. The Morgan fingerprint density at radius 2 is 1.23 bits per heavy atom. The molecule has 4 bridgehead atoms. The van der Waals surface area contributed by atoms with Crippen molar-refractivity contribution in [3.63, 3.8) is 0 Å². The van der Waals surface area contributed by atoms with E-state index in [0.29, 0.717) is 18.3 Å². The van der Waals surface area contributed by atoms with Gasteiger partial charge in [0.1, 0.15) is 5.69 Å². The Morgan fingerprint density at radius 3 is 1.62 bits per heavy atom. The van der Waals surface area contributed by atoms with Gasteiger partial charge in [-0.25, -0.2) is 19.2 Å².